The molecule has 4 rings (SSSR count). The zero-order valence-corrected chi connectivity index (χ0v) is 13.7. The number of hydrogen-bond donors (Lipinski definition) is 1. The van der Waals surface area contributed by atoms with E-state index in [9.17, 15) is 0 Å². The lowest BCUT2D eigenvalue weighted by molar-refractivity contribution is 1.26. The first-order valence-corrected chi connectivity index (χ1v) is 8.15. The number of rotatable bonds is 3. The van der Waals surface area contributed by atoms with Gasteiger partial charge in [0.25, 0.3) is 0 Å². The van der Waals surface area contributed by atoms with Crippen molar-refractivity contribution in [2.75, 3.05) is 0 Å². The Hall–Kier alpha value is -2.84. The van der Waals surface area contributed by atoms with Crippen molar-refractivity contribution in [3.63, 3.8) is 0 Å². The molecule has 0 aliphatic heterocycles. The van der Waals surface area contributed by atoms with Crippen LogP contribution in [-0.4, -0.2) is 9.97 Å². The van der Waals surface area contributed by atoms with E-state index < -0.39 is 0 Å². The van der Waals surface area contributed by atoms with Gasteiger partial charge in [-0.1, -0.05) is 66.2 Å². The van der Waals surface area contributed by atoms with Crippen LogP contribution in [-0.2, 0) is 0 Å². The van der Waals surface area contributed by atoms with Gasteiger partial charge in [0, 0.05) is 10.6 Å². The number of para-hydroxylation sites is 2. The molecular formula is C21H15ClN2. The Morgan fingerprint density at radius 2 is 1.54 bits per heavy atom. The highest BCUT2D eigenvalue weighted by molar-refractivity contribution is 6.30. The van der Waals surface area contributed by atoms with Gasteiger partial charge in [0.05, 0.1) is 11.0 Å². The average molecular weight is 331 g/mol. The van der Waals surface area contributed by atoms with Gasteiger partial charge in [-0.15, -0.1) is 0 Å². The van der Waals surface area contributed by atoms with E-state index >= 15 is 0 Å². The third kappa shape index (κ3) is 2.97. The van der Waals surface area contributed by atoms with E-state index in [0.717, 1.165) is 38.6 Å². The number of nitrogens with zero attached hydrogens (tertiary/aromatic N) is 1. The van der Waals surface area contributed by atoms with Crippen molar-refractivity contribution in [3.05, 3.63) is 101 Å². The quantitative estimate of drug-likeness (QED) is 0.472. The van der Waals surface area contributed by atoms with E-state index in [1.54, 1.807) is 0 Å². The first-order chi connectivity index (χ1) is 11.8. The SMILES string of the molecule is Clc1ccc(C=C(c2ccccc2)c2nc3ccccc3[nH]2)cc1. The maximum atomic E-state index is 6.00. The van der Waals surface area contributed by atoms with Crippen LogP contribution in [0.4, 0.5) is 0 Å². The fourth-order valence-corrected chi connectivity index (χ4v) is 2.84. The number of imidazole rings is 1. The largest absolute Gasteiger partial charge is 0.338 e. The molecule has 4 aromatic rings. The molecule has 3 aromatic carbocycles. The Kier molecular flexibility index (Phi) is 3.89. The van der Waals surface area contributed by atoms with Crippen LogP contribution in [0.3, 0.4) is 0 Å². The third-order valence-corrected chi connectivity index (χ3v) is 4.16. The van der Waals surface area contributed by atoms with Crippen molar-refractivity contribution >= 4 is 34.3 Å². The average Bonchev–Trinajstić information content (AvgIpc) is 3.06. The third-order valence-electron chi connectivity index (χ3n) is 3.91. The Labute approximate surface area is 145 Å². The summed E-state index contributed by atoms with van der Waals surface area (Å²) in [5, 5.41) is 0.733. The van der Waals surface area contributed by atoms with Crippen molar-refractivity contribution in [2.24, 2.45) is 0 Å². The molecule has 24 heavy (non-hydrogen) atoms. The maximum absolute atomic E-state index is 6.00. The second-order valence-electron chi connectivity index (χ2n) is 5.58. The number of benzene rings is 3. The molecule has 0 fully saturated rings. The van der Waals surface area contributed by atoms with Crippen molar-refractivity contribution < 1.29 is 0 Å². The van der Waals surface area contributed by atoms with Crippen LogP contribution in [0.25, 0.3) is 22.7 Å². The summed E-state index contributed by atoms with van der Waals surface area (Å²) in [6.45, 7) is 0. The topological polar surface area (TPSA) is 28.7 Å². The number of nitrogens with one attached hydrogen (secondary N) is 1. The van der Waals surface area contributed by atoms with Crippen LogP contribution in [0.2, 0.25) is 5.02 Å². The zero-order chi connectivity index (χ0) is 16.4. The highest BCUT2D eigenvalue weighted by atomic mass is 35.5. The summed E-state index contributed by atoms with van der Waals surface area (Å²) in [5.41, 5.74) is 5.25. The predicted octanol–water partition coefficient (Wildman–Crippen LogP) is 5.81. The second kappa shape index (κ2) is 6.34. The first kappa shape index (κ1) is 14.7. The van der Waals surface area contributed by atoms with E-state index in [-0.39, 0.29) is 0 Å². The molecule has 1 N–H and O–H groups in total. The molecule has 0 radical (unpaired) electrons. The van der Waals surface area contributed by atoms with Crippen molar-refractivity contribution in [3.8, 4) is 0 Å². The summed E-state index contributed by atoms with van der Waals surface area (Å²) in [6.07, 6.45) is 2.13. The van der Waals surface area contributed by atoms with Gasteiger partial charge in [0.2, 0.25) is 0 Å². The predicted molar refractivity (Wildman–Crippen MR) is 101 cm³/mol. The molecule has 0 saturated carbocycles. The highest BCUT2D eigenvalue weighted by Gasteiger charge is 2.10. The van der Waals surface area contributed by atoms with Gasteiger partial charge in [0.1, 0.15) is 5.82 Å². The van der Waals surface area contributed by atoms with Crippen molar-refractivity contribution in [2.45, 2.75) is 0 Å². The van der Waals surface area contributed by atoms with E-state index in [1.807, 2.05) is 66.7 Å². The van der Waals surface area contributed by atoms with E-state index in [2.05, 4.69) is 23.2 Å². The van der Waals surface area contributed by atoms with Gasteiger partial charge in [-0.3, -0.25) is 0 Å². The second-order valence-corrected chi connectivity index (χ2v) is 6.01. The summed E-state index contributed by atoms with van der Waals surface area (Å²) in [6, 6.07) is 26.1. The van der Waals surface area contributed by atoms with Gasteiger partial charge in [-0.2, -0.15) is 0 Å². The van der Waals surface area contributed by atoms with Gasteiger partial charge in [0.15, 0.2) is 0 Å². The maximum Gasteiger partial charge on any atom is 0.139 e. The fourth-order valence-electron chi connectivity index (χ4n) is 2.71. The standard InChI is InChI=1S/C21H15ClN2/c22-17-12-10-15(11-13-17)14-18(16-6-2-1-3-7-16)21-23-19-8-4-5-9-20(19)24-21/h1-14H,(H,23,24). The zero-order valence-electron chi connectivity index (χ0n) is 12.9. The van der Waals surface area contributed by atoms with Gasteiger partial charge < -0.3 is 4.98 Å². The first-order valence-electron chi connectivity index (χ1n) is 7.77. The highest BCUT2D eigenvalue weighted by Crippen LogP contribution is 2.26. The summed E-state index contributed by atoms with van der Waals surface area (Å²) >= 11 is 6.00. The fraction of sp³-hybridized carbons (Fsp3) is 0. The lowest BCUT2D eigenvalue weighted by Crippen LogP contribution is -1.90. The van der Waals surface area contributed by atoms with Gasteiger partial charge >= 0.3 is 0 Å². The molecular weight excluding hydrogens is 316 g/mol. The van der Waals surface area contributed by atoms with E-state index in [4.69, 9.17) is 16.6 Å². The minimum atomic E-state index is 0.733. The summed E-state index contributed by atoms with van der Waals surface area (Å²) < 4.78 is 0. The molecule has 3 heteroatoms. The summed E-state index contributed by atoms with van der Waals surface area (Å²) in [5.74, 6) is 0.859. The van der Waals surface area contributed by atoms with Crippen LogP contribution >= 0.6 is 11.6 Å². The summed E-state index contributed by atoms with van der Waals surface area (Å²) in [7, 11) is 0. The molecule has 0 spiro atoms. The van der Waals surface area contributed by atoms with Crippen molar-refractivity contribution in [1.82, 2.24) is 9.97 Å². The van der Waals surface area contributed by atoms with Crippen LogP contribution in [0.1, 0.15) is 17.0 Å². The lowest BCUT2D eigenvalue weighted by atomic mass is 10.0. The van der Waals surface area contributed by atoms with Crippen molar-refractivity contribution in [1.29, 1.82) is 0 Å². The summed E-state index contributed by atoms with van der Waals surface area (Å²) in [4.78, 5) is 8.17. The number of H-pyrrole nitrogens is 1. The smallest absolute Gasteiger partial charge is 0.139 e. The number of aromatic amines is 1. The van der Waals surface area contributed by atoms with Crippen LogP contribution in [0.5, 0.6) is 0 Å². The number of aromatic nitrogens is 2. The number of fused-ring (bicyclic) bond motifs is 1. The Bertz CT molecular complexity index is 966. The van der Waals surface area contributed by atoms with Gasteiger partial charge in [-0.25, -0.2) is 4.98 Å². The monoisotopic (exact) mass is 330 g/mol. The molecule has 0 aliphatic carbocycles. The van der Waals surface area contributed by atoms with Crippen LogP contribution in [0, 0.1) is 0 Å². The number of halogens is 1. The van der Waals surface area contributed by atoms with E-state index in [0.29, 0.717) is 0 Å². The van der Waals surface area contributed by atoms with E-state index in [1.165, 1.54) is 0 Å². The minimum Gasteiger partial charge on any atom is -0.338 e. The molecule has 0 amide bonds. The molecule has 1 aromatic heterocycles. The molecule has 0 bridgehead atoms. The lowest BCUT2D eigenvalue weighted by Gasteiger charge is -2.06. The Morgan fingerprint density at radius 3 is 2.29 bits per heavy atom. The number of hydrogen-bond acceptors (Lipinski definition) is 1. The van der Waals surface area contributed by atoms with Crippen LogP contribution in [0.15, 0.2) is 78.9 Å². The molecule has 0 atom stereocenters. The Morgan fingerprint density at radius 1 is 0.833 bits per heavy atom. The Balaban J connectivity index is 1.88. The normalized spacial score (nSPS) is 11.8. The van der Waals surface area contributed by atoms with Crippen LogP contribution < -0.4 is 0 Å². The van der Waals surface area contributed by atoms with Gasteiger partial charge in [-0.05, 0) is 41.5 Å². The molecule has 0 unspecified atom stereocenters. The molecule has 1 heterocycles. The molecule has 2 nitrogen and oxygen atoms in total. The minimum absolute atomic E-state index is 0.733. The molecule has 0 saturated heterocycles. The molecule has 116 valence electrons. The molecule has 0 aliphatic rings.